The predicted octanol–water partition coefficient (Wildman–Crippen LogP) is 3.15. The first-order chi connectivity index (χ1) is 20.1. The maximum absolute atomic E-state index is 14.0. The van der Waals surface area contributed by atoms with Crippen LogP contribution in [0.3, 0.4) is 0 Å². The molecule has 220 valence electrons. The van der Waals surface area contributed by atoms with Crippen LogP contribution in [0.4, 0.5) is 4.39 Å². The Morgan fingerprint density at radius 1 is 1.10 bits per heavy atom. The average Bonchev–Trinajstić information content (AvgIpc) is 3.31. The minimum Gasteiger partial charge on any atom is -0.481 e. The summed E-state index contributed by atoms with van der Waals surface area (Å²) in [6, 6.07) is 12.5. The molecule has 1 saturated carbocycles. The molecule has 2 atom stereocenters. The van der Waals surface area contributed by atoms with Crippen molar-refractivity contribution in [3.05, 3.63) is 92.4 Å². The molecular weight excluding hydrogens is 565 g/mol. The SMILES string of the molecule is CN(C)C(=O)C(=O)NC12CCC(CCn3c1nc(C(=O)NCc1ccc(F)cc1)c(OCc1ccc(Cl)cc1)c3=O)C2. The molecule has 1 aromatic heterocycles. The zero-order valence-corrected chi connectivity index (χ0v) is 24.0. The minimum atomic E-state index is -1.11. The Morgan fingerprint density at radius 3 is 2.48 bits per heavy atom. The van der Waals surface area contributed by atoms with Crippen LogP contribution in [0.15, 0.2) is 53.3 Å². The van der Waals surface area contributed by atoms with E-state index in [1.54, 1.807) is 24.3 Å². The Balaban J connectivity index is 1.55. The van der Waals surface area contributed by atoms with Crippen molar-refractivity contribution in [1.82, 2.24) is 25.1 Å². The van der Waals surface area contributed by atoms with Crippen molar-refractivity contribution in [3.63, 3.8) is 0 Å². The summed E-state index contributed by atoms with van der Waals surface area (Å²) in [6.07, 6.45) is 2.37. The van der Waals surface area contributed by atoms with Crippen molar-refractivity contribution in [2.75, 3.05) is 14.1 Å². The molecule has 10 nitrogen and oxygen atoms in total. The van der Waals surface area contributed by atoms with E-state index in [4.69, 9.17) is 21.3 Å². The second-order valence-electron chi connectivity index (χ2n) is 10.9. The normalized spacial score (nSPS) is 18.9. The smallest absolute Gasteiger partial charge is 0.311 e. The molecule has 2 heterocycles. The standard InChI is InChI=1S/C30H31ClFN5O5/c1-36(2)28(41)26(39)35-30-13-11-18(15-30)12-14-37-27(40)24(42-17-20-3-7-21(31)8-4-20)23(34-29(30)37)25(38)33-16-19-5-9-22(32)10-6-19/h3-10,18H,11-17H2,1-2H3,(H,33,38)(H,35,39). The molecule has 2 unspecified atom stereocenters. The number of ether oxygens (including phenoxy) is 1. The highest BCUT2D eigenvalue weighted by molar-refractivity contribution is 6.35. The summed E-state index contributed by atoms with van der Waals surface area (Å²) in [5.74, 6) is -2.43. The van der Waals surface area contributed by atoms with E-state index in [1.807, 2.05) is 0 Å². The molecule has 3 aromatic rings. The summed E-state index contributed by atoms with van der Waals surface area (Å²) in [7, 11) is 2.96. The molecule has 2 bridgehead atoms. The molecule has 3 amide bonds. The number of hydrogen-bond acceptors (Lipinski definition) is 6. The quantitative estimate of drug-likeness (QED) is 0.405. The molecule has 5 rings (SSSR count). The average molecular weight is 596 g/mol. The lowest BCUT2D eigenvalue weighted by Gasteiger charge is -2.31. The van der Waals surface area contributed by atoms with Crippen LogP contribution >= 0.6 is 11.6 Å². The lowest BCUT2D eigenvalue weighted by atomic mass is 9.94. The molecular formula is C30H31ClFN5O5. The number of carbonyl (C=O) groups is 3. The number of rotatable bonds is 7. The van der Waals surface area contributed by atoms with E-state index in [2.05, 4.69) is 10.6 Å². The van der Waals surface area contributed by atoms with Crippen LogP contribution in [0, 0.1) is 11.7 Å². The van der Waals surface area contributed by atoms with Gasteiger partial charge in [-0.3, -0.25) is 23.7 Å². The van der Waals surface area contributed by atoms with Gasteiger partial charge in [0.2, 0.25) is 5.75 Å². The first-order valence-corrected chi connectivity index (χ1v) is 14.0. The van der Waals surface area contributed by atoms with E-state index >= 15 is 0 Å². The number of benzene rings is 2. The summed E-state index contributed by atoms with van der Waals surface area (Å²) < 4.78 is 20.8. The Bertz CT molecular complexity index is 1570. The first-order valence-electron chi connectivity index (χ1n) is 13.7. The monoisotopic (exact) mass is 595 g/mol. The maximum atomic E-state index is 14.0. The Kier molecular flexibility index (Phi) is 8.31. The van der Waals surface area contributed by atoms with Gasteiger partial charge in [-0.1, -0.05) is 35.9 Å². The summed E-state index contributed by atoms with van der Waals surface area (Å²) in [5, 5.41) is 6.15. The van der Waals surface area contributed by atoms with Crippen molar-refractivity contribution >= 4 is 29.3 Å². The number of hydrogen-bond donors (Lipinski definition) is 2. The van der Waals surface area contributed by atoms with Gasteiger partial charge in [-0.05, 0) is 67.0 Å². The fourth-order valence-electron chi connectivity index (χ4n) is 5.55. The highest BCUT2D eigenvalue weighted by Crippen LogP contribution is 2.45. The Morgan fingerprint density at radius 2 is 1.79 bits per heavy atom. The third-order valence-corrected chi connectivity index (χ3v) is 8.02. The van der Waals surface area contributed by atoms with E-state index in [-0.39, 0.29) is 36.3 Å². The highest BCUT2D eigenvalue weighted by atomic mass is 35.5. The van der Waals surface area contributed by atoms with Crippen LogP contribution in [0.1, 0.15) is 53.1 Å². The zero-order chi connectivity index (χ0) is 30.0. The van der Waals surface area contributed by atoms with Gasteiger partial charge in [0, 0.05) is 32.2 Å². The van der Waals surface area contributed by atoms with Gasteiger partial charge in [0.05, 0.1) is 5.54 Å². The number of aromatic nitrogens is 2. The van der Waals surface area contributed by atoms with Gasteiger partial charge in [-0.25, -0.2) is 9.37 Å². The van der Waals surface area contributed by atoms with Crippen LogP contribution < -0.4 is 20.9 Å². The van der Waals surface area contributed by atoms with Gasteiger partial charge in [0.25, 0.3) is 11.5 Å². The van der Waals surface area contributed by atoms with E-state index < -0.39 is 34.6 Å². The molecule has 1 fully saturated rings. The van der Waals surface area contributed by atoms with Gasteiger partial charge in [0.15, 0.2) is 5.69 Å². The fraction of sp³-hybridized carbons (Fsp3) is 0.367. The maximum Gasteiger partial charge on any atom is 0.311 e. The van der Waals surface area contributed by atoms with Crippen LogP contribution in [0.5, 0.6) is 5.75 Å². The number of fused-ring (bicyclic) bond motifs is 4. The second-order valence-corrected chi connectivity index (χ2v) is 11.4. The minimum absolute atomic E-state index is 0.0203. The Hall–Kier alpha value is -4.25. The number of nitrogens with zero attached hydrogens (tertiary/aromatic N) is 3. The molecule has 0 saturated heterocycles. The Labute approximate surface area is 246 Å². The van der Waals surface area contributed by atoms with Crippen molar-refractivity contribution < 1.29 is 23.5 Å². The van der Waals surface area contributed by atoms with Crippen molar-refractivity contribution in [2.24, 2.45) is 5.92 Å². The number of carbonyl (C=O) groups excluding carboxylic acids is 3. The largest absolute Gasteiger partial charge is 0.481 e. The number of halogens is 2. The second kappa shape index (κ2) is 11.9. The van der Waals surface area contributed by atoms with Gasteiger partial charge in [-0.2, -0.15) is 0 Å². The first kappa shape index (κ1) is 29.2. The highest BCUT2D eigenvalue weighted by Gasteiger charge is 2.48. The van der Waals surface area contributed by atoms with Crippen LogP contribution in [0.25, 0.3) is 0 Å². The fourth-order valence-corrected chi connectivity index (χ4v) is 5.68. The van der Waals surface area contributed by atoms with Gasteiger partial charge < -0.3 is 20.3 Å². The van der Waals surface area contributed by atoms with Crippen molar-refractivity contribution in [3.8, 4) is 5.75 Å². The summed E-state index contributed by atoms with van der Waals surface area (Å²) in [5.41, 5.74) is -0.531. The molecule has 12 heteroatoms. The molecule has 1 aliphatic carbocycles. The topological polar surface area (TPSA) is 123 Å². The molecule has 0 radical (unpaired) electrons. The molecule has 2 aromatic carbocycles. The zero-order valence-electron chi connectivity index (χ0n) is 23.3. The van der Waals surface area contributed by atoms with Gasteiger partial charge in [0.1, 0.15) is 18.2 Å². The number of likely N-dealkylation sites (N-methyl/N-ethyl adjacent to an activating group) is 1. The molecule has 2 aliphatic rings. The summed E-state index contributed by atoms with van der Waals surface area (Å²) in [6.45, 7) is 0.352. The number of nitrogens with one attached hydrogen (secondary N) is 2. The lowest BCUT2D eigenvalue weighted by Crippen LogP contribution is -2.52. The summed E-state index contributed by atoms with van der Waals surface area (Å²) in [4.78, 5) is 58.9. The number of amides is 3. The molecule has 1 aliphatic heterocycles. The van der Waals surface area contributed by atoms with Crippen LogP contribution in [-0.4, -0.2) is 46.3 Å². The third kappa shape index (κ3) is 6.01. The van der Waals surface area contributed by atoms with E-state index in [1.165, 1.54) is 47.8 Å². The molecule has 2 N–H and O–H groups in total. The van der Waals surface area contributed by atoms with Crippen LogP contribution in [0.2, 0.25) is 5.02 Å². The van der Waals surface area contributed by atoms with Crippen molar-refractivity contribution in [1.29, 1.82) is 0 Å². The summed E-state index contributed by atoms with van der Waals surface area (Å²) >= 11 is 5.99. The van der Waals surface area contributed by atoms with E-state index in [0.29, 0.717) is 36.4 Å². The van der Waals surface area contributed by atoms with E-state index in [9.17, 15) is 23.6 Å². The van der Waals surface area contributed by atoms with Gasteiger partial charge >= 0.3 is 11.8 Å². The molecule has 0 spiro atoms. The van der Waals surface area contributed by atoms with E-state index in [0.717, 1.165) is 12.0 Å². The molecule has 42 heavy (non-hydrogen) atoms. The predicted molar refractivity (Wildman–Crippen MR) is 152 cm³/mol. The lowest BCUT2D eigenvalue weighted by molar-refractivity contribution is -0.145. The van der Waals surface area contributed by atoms with Crippen LogP contribution in [-0.2, 0) is 34.8 Å². The third-order valence-electron chi connectivity index (χ3n) is 7.76. The van der Waals surface area contributed by atoms with Crippen molar-refractivity contribution in [2.45, 2.75) is 50.9 Å². The van der Waals surface area contributed by atoms with Gasteiger partial charge in [-0.15, -0.1) is 0 Å².